The molecule has 5 heteroatoms. The molecule has 0 spiro atoms. The summed E-state index contributed by atoms with van der Waals surface area (Å²) in [6.07, 6.45) is 1.66. The van der Waals surface area contributed by atoms with Crippen molar-refractivity contribution in [2.45, 2.75) is 25.4 Å². The van der Waals surface area contributed by atoms with Crippen molar-refractivity contribution in [2.24, 2.45) is 5.92 Å². The summed E-state index contributed by atoms with van der Waals surface area (Å²) in [6.45, 7) is 2.17. The average Bonchev–Trinajstić information content (AvgIpc) is 2.78. The van der Waals surface area contributed by atoms with Gasteiger partial charge in [-0.25, -0.2) is 0 Å². The van der Waals surface area contributed by atoms with Crippen LogP contribution in [0, 0.1) is 5.92 Å². The van der Waals surface area contributed by atoms with E-state index < -0.39 is 5.97 Å². The Labute approximate surface area is 142 Å². The van der Waals surface area contributed by atoms with Crippen LogP contribution >= 0.6 is 0 Å². The number of benzene rings is 1. The summed E-state index contributed by atoms with van der Waals surface area (Å²) < 4.78 is 0. The molecule has 1 aliphatic rings. The van der Waals surface area contributed by atoms with Crippen molar-refractivity contribution < 1.29 is 9.90 Å². The van der Waals surface area contributed by atoms with Gasteiger partial charge >= 0.3 is 5.97 Å². The molecule has 1 aliphatic heterocycles. The Morgan fingerprint density at radius 2 is 2.00 bits per heavy atom. The molecule has 1 aromatic carbocycles. The second kappa shape index (κ2) is 7.28. The highest BCUT2D eigenvalue weighted by atomic mass is 16.4. The van der Waals surface area contributed by atoms with Gasteiger partial charge in [-0.2, -0.15) is 0 Å². The lowest BCUT2D eigenvalue weighted by molar-refractivity contribution is -0.142. The lowest BCUT2D eigenvalue weighted by Gasteiger charge is -2.28. The van der Waals surface area contributed by atoms with Gasteiger partial charge in [-0.05, 0) is 39.1 Å². The topological polar surface area (TPSA) is 56.7 Å². The number of likely N-dealkylation sites (N-methyl/N-ethyl adjacent to an activating group) is 1. The van der Waals surface area contributed by atoms with Gasteiger partial charge in [0.2, 0.25) is 0 Å². The van der Waals surface area contributed by atoms with Gasteiger partial charge in [0.1, 0.15) is 0 Å². The number of aromatic nitrogens is 1. The van der Waals surface area contributed by atoms with Crippen molar-refractivity contribution in [3.05, 3.63) is 42.1 Å². The van der Waals surface area contributed by atoms with Crippen molar-refractivity contribution >= 4 is 16.9 Å². The van der Waals surface area contributed by atoms with E-state index in [1.165, 1.54) is 0 Å². The first-order chi connectivity index (χ1) is 11.5. The Hall–Kier alpha value is -1.98. The Morgan fingerprint density at radius 3 is 2.75 bits per heavy atom. The third-order valence-corrected chi connectivity index (χ3v) is 4.92. The Bertz CT molecular complexity index is 717. The highest BCUT2D eigenvalue weighted by Gasteiger charge is 2.29. The van der Waals surface area contributed by atoms with E-state index in [2.05, 4.69) is 36.0 Å². The van der Waals surface area contributed by atoms with E-state index in [1.54, 1.807) is 0 Å². The van der Waals surface area contributed by atoms with Crippen molar-refractivity contribution in [3.8, 4) is 0 Å². The molecule has 2 aromatic rings. The SMILES string of the molecule is CN(C)[C@@H]1CC[C@H](C(=O)O)CN(Cc2ccc3ccccc3n2)C1. The molecule has 0 bridgehead atoms. The van der Waals surface area contributed by atoms with Crippen LogP contribution in [0.15, 0.2) is 36.4 Å². The molecule has 24 heavy (non-hydrogen) atoms. The number of carboxylic acids is 1. The number of aliphatic carboxylic acids is 1. The fourth-order valence-corrected chi connectivity index (χ4v) is 3.44. The summed E-state index contributed by atoms with van der Waals surface area (Å²) in [5.74, 6) is -0.985. The zero-order valence-electron chi connectivity index (χ0n) is 14.4. The summed E-state index contributed by atoms with van der Waals surface area (Å²) in [5.41, 5.74) is 1.99. The van der Waals surface area contributed by atoms with Crippen LogP contribution < -0.4 is 0 Å². The van der Waals surface area contributed by atoms with E-state index in [9.17, 15) is 9.90 Å². The number of carbonyl (C=O) groups is 1. The molecule has 0 aliphatic carbocycles. The predicted molar refractivity (Wildman–Crippen MR) is 94.9 cm³/mol. The molecule has 128 valence electrons. The average molecular weight is 327 g/mol. The van der Waals surface area contributed by atoms with Gasteiger partial charge in [0, 0.05) is 31.1 Å². The third kappa shape index (κ3) is 3.91. The molecule has 2 heterocycles. The van der Waals surface area contributed by atoms with Crippen molar-refractivity contribution in [2.75, 3.05) is 27.2 Å². The molecule has 0 amide bonds. The minimum absolute atomic E-state index is 0.296. The Morgan fingerprint density at radius 1 is 1.21 bits per heavy atom. The zero-order valence-corrected chi connectivity index (χ0v) is 14.4. The number of fused-ring (bicyclic) bond motifs is 1. The van der Waals surface area contributed by atoms with Crippen LogP contribution in [0.1, 0.15) is 18.5 Å². The smallest absolute Gasteiger partial charge is 0.307 e. The molecule has 1 aromatic heterocycles. The molecule has 3 rings (SSSR count). The van der Waals surface area contributed by atoms with Crippen molar-refractivity contribution in [1.82, 2.24) is 14.8 Å². The van der Waals surface area contributed by atoms with Crippen LogP contribution in [0.2, 0.25) is 0 Å². The first-order valence-corrected chi connectivity index (χ1v) is 8.49. The molecule has 1 fully saturated rings. The lowest BCUT2D eigenvalue weighted by Crippen LogP contribution is -2.39. The maximum Gasteiger partial charge on any atom is 0.307 e. The molecule has 1 saturated heterocycles. The first-order valence-electron chi connectivity index (χ1n) is 8.49. The van der Waals surface area contributed by atoms with E-state index in [1.807, 2.05) is 24.3 Å². The van der Waals surface area contributed by atoms with E-state index in [0.717, 1.165) is 36.0 Å². The van der Waals surface area contributed by atoms with Crippen LogP contribution in [-0.2, 0) is 11.3 Å². The zero-order chi connectivity index (χ0) is 17.1. The largest absolute Gasteiger partial charge is 0.481 e. The van der Waals surface area contributed by atoms with Crippen LogP contribution in [0.4, 0.5) is 0 Å². The number of pyridine rings is 1. The summed E-state index contributed by atoms with van der Waals surface area (Å²) in [6, 6.07) is 12.6. The molecule has 5 nitrogen and oxygen atoms in total. The number of rotatable bonds is 4. The van der Waals surface area contributed by atoms with Crippen LogP contribution in [0.5, 0.6) is 0 Å². The molecule has 0 saturated carbocycles. The van der Waals surface area contributed by atoms with Gasteiger partial charge in [0.15, 0.2) is 0 Å². The summed E-state index contributed by atoms with van der Waals surface area (Å²) >= 11 is 0. The molecular formula is C19H25N3O2. The van der Waals surface area contributed by atoms with Gasteiger partial charge in [-0.3, -0.25) is 14.7 Å². The number of likely N-dealkylation sites (tertiary alicyclic amines) is 1. The quantitative estimate of drug-likeness (QED) is 0.935. The number of carboxylic acid groups (broad SMARTS) is 1. The van der Waals surface area contributed by atoms with Crippen LogP contribution in [-0.4, -0.2) is 59.1 Å². The minimum Gasteiger partial charge on any atom is -0.481 e. The summed E-state index contributed by atoms with van der Waals surface area (Å²) in [4.78, 5) is 20.7. The lowest BCUT2D eigenvalue weighted by atomic mass is 10.0. The Balaban J connectivity index is 1.79. The van der Waals surface area contributed by atoms with Gasteiger partial charge < -0.3 is 10.0 Å². The van der Waals surface area contributed by atoms with E-state index >= 15 is 0 Å². The molecule has 2 atom stereocenters. The Kier molecular flexibility index (Phi) is 5.11. The van der Waals surface area contributed by atoms with Crippen molar-refractivity contribution in [1.29, 1.82) is 0 Å². The molecule has 0 radical (unpaired) electrons. The third-order valence-electron chi connectivity index (χ3n) is 4.92. The molecule has 1 N–H and O–H groups in total. The highest BCUT2D eigenvalue weighted by Crippen LogP contribution is 2.21. The van der Waals surface area contributed by atoms with Crippen LogP contribution in [0.25, 0.3) is 10.9 Å². The van der Waals surface area contributed by atoms with Gasteiger partial charge in [0.25, 0.3) is 0 Å². The normalized spacial score (nSPS) is 22.6. The second-order valence-electron chi connectivity index (χ2n) is 6.92. The van der Waals surface area contributed by atoms with E-state index in [4.69, 9.17) is 4.98 Å². The van der Waals surface area contributed by atoms with Gasteiger partial charge in [-0.15, -0.1) is 0 Å². The van der Waals surface area contributed by atoms with Gasteiger partial charge in [-0.1, -0.05) is 24.3 Å². The van der Waals surface area contributed by atoms with Gasteiger partial charge in [0.05, 0.1) is 17.1 Å². The summed E-state index contributed by atoms with van der Waals surface area (Å²) in [7, 11) is 4.14. The maximum absolute atomic E-state index is 11.5. The van der Waals surface area contributed by atoms with E-state index in [-0.39, 0.29) is 5.92 Å². The number of hydrogen-bond donors (Lipinski definition) is 1. The predicted octanol–water partition coefficient (Wildman–Crippen LogP) is 2.46. The highest BCUT2D eigenvalue weighted by molar-refractivity contribution is 5.78. The number of nitrogens with zero attached hydrogens (tertiary/aromatic N) is 3. The molecule has 0 unspecified atom stereocenters. The number of hydrogen-bond acceptors (Lipinski definition) is 4. The summed E-state index contributed by atoms with van der Waals surface area (Å²) in [5, 5.41) is 10.6. The molecular weight excluding hydrogens is 302 g/mol. The number of para-hydroxylation sites is 1. The maximum atomic E-state index is 11.5. The monoisotopic (exact) mass is 327 g/mol. The first kappa shape index (κ1) is 16.9. The second-order valence-corrected chi connectivity index (χ2v) is 6.92. The minimum atomic E-state index is -0.689. The fraction of sp³-hybridized carbons (Fsp3) is 0.474. The standard InChI is InChI=1S/C19H25N3O2/c1-21(2)17-10-8-15(19(23)24)11-22(13-17)12-16-9-7-14-5-3-4-6-18(14)20-16/h3-7,9,15,17H,8,10-13H2,1-2H3,(H,23,24)/t15-,17+/m0/s1. The van der Waals surface area contributed by atoms with Crippen molar-refractivity contribution in [3.63, 3.8) is 0 Å². The van der Waals surface area contributed by atoms with E-state index in [0.29, 0.717) is 19.1 Å². The van der Waals surface area contributed by atoms with Crippen LogP contribution in [0.3, 0.4) is 0 Å². The fourth-order valence-electron chi connectivity index (χ4n) is 3.44.